The van der Waals surface area contributed by atoms with Crippen molar-refractivity contribution in [3.8, 4) is 0 Å². The summed E-state index contributed by atoms with van der Waals surface area (Å²) in [7, 11) is 2.24. The molecule has 7 heteroatoms. The summed E-state index contributed by atoms with van der Waals surface area (Å²) in [6.45, 7) is 4.38. The van der Waals surface area contributed by atoms with Gasteiger partial charge in [0.2, 0.25) is 10.0 Å². The van der Waals surface area contributed by atoms with Gasteiger partial charge in [0, 0.05) is 24.5 Å². The lowest BCUT2D eigenvalue weighted by atomic mass is 10.1. The molecule has 1 fully saturated rings. The van der Waals surface area contributed by atoms with Crippen LogP contribution in [0.5, 0.6) is 0 Å². The summed E-state index contributed by atoms with van der Waals surface area (Å²) in [4.78, 5) is 3.65. The first kappa shape index (κ1) is 16.9. The highest BCUT2D eigenvalue weighted by atomic mass is 32.2. The Bertz CT molecular complexity index is 575. The standard InChI is InChI=1S/C14H25N3O2S2/c1-11-10-20-13(9-15-2)14(11)21(18,19)17(4)12-5-7-16(3)8-6-12/h10,12,15H,5-9H2,1-4H3. The number of nitrogens with one attached hydrogen (secondary N) is 1. The summed E-state index contributed by atoms with van der Waals surface area (Å²) in [5.41, 5.74) is 0.852. The molecule has 0 saturated carbocycles. The first-order valence-corrected chi connectivity index (χ1v) is 9.58. The van der Waals surface area contributed by atoms with Gasteiger partial charge in [-0.2, -0.15) is 4.31 Å². The van der Waals surface area contributed by atoms with Crippen molar-refractivity contribution in [3.63, 3.8) is 0 Å². The average Bonchev–Trinajstić information content (AvgIpc) is 2.81. The number of aryl methyl sites for hydroxylation is 1. The van der Waals surface area contributed by atoms with Crippen LogP contribution in [0.2, 0.25) is 0 Å². The highest BCUT2D eigenvalue weighted by Gasteiger charge is 2.33. The molecule has 5 nitrogen and oxygen atoms in total. The average molecular weight is 332 g/mol. The Labute approximate surface area is 132 Å². The van der Waals surface area contributed by atoms with Crippen LogP contribution in [0.1, 0.15) is 23.3 Å². The van der Waals surface area contributed by atoms with Gasteiger partial charge in [0.15, 0.2) is 0 Å². The van der Waals surface area contributed by atoms with Crippen molar-refractivity contribution in [2.24, 2.45) is 0 Å². The molecule has 0 aliphatic carbocycles. The van der Waals surface area contributed by atoms with E-state index in [2.05, 4.69) is 17.3 Å². The third kappa shape index (κ3) is 3.48. The van der Waals surface area contributed by atoms with Crippen LogP contribution in [0.15, 0.2) is 10.3 Å². The summed E-state index contributed by atoms with van der Waals surface area (Å²) in [5.74, 6) is 0. The fraction of sp³-hybridized carbons (Fsp3) is 0.714. The van der Waals surface area contributed by atoms with Crippen molar-refractivity contribution in [1.29, 1.82) is 0 Å². The van der Waals surface area contributed by atoms with Gasteiger partial charge in [0.1, 0.15) is 4.90 Å². The number of rotatable bonds is 5. The Balaban J connectivity index is 2.27. The van der Waals surface area contributed by atoms with E-state index in [0.29, 0.717) is 11.4 Å². The Morgan fingerprint density at radius 3 is 2.62 bits per heavy atom. The molecule has 0 bridgehead atoms. The quantitative estimate of drug-likeness (QED) is 0.888. The highest BCUT2D eigenvalue weighted by Crippen LogP contribution is 2.31. The first-order valence-electron chi connectivity index (χ1n) is 7.26. The van der Waals surface area contributed by atoms with Crippen LogP contribution in [0.4, 0.5) is 0 Å². The van der Waals surface area contributed by atoms with Gasteiger partial charge in [-0.25, -0.2) is 8.42 Å². The van der Waals surface area contributed by atoms with Gasteiger partial charge in [0.05, 0.1) is 0 Å². The molecule has 0 unspecified atom stereocenters. The normalized spacial score (nSPS) is 18.5. The fourth-order valence-electron chi connectivity index (χ4n) is 2.82. The van der Waals surface area contributed by atoms with E-state index in [1.54, 1.807) is 11.4 Å². The number of nitrogens with zero attached hydrogens (tertiary/aromatic N) is 2. The molecule has 1 aliphatic rings. The zero-order chi connectivity index (χ0) is 15.6. The monoisotopic (exact) mass is 331 g/mol. The molecule has 1 N–H and O–H groups in total. The van der Waals surface area contributed by atoms with Crippen LogP contribution in [-0.4, -0.2) is 57.9 Å². The summed E-state index contributed by atoms with van der Waals surface area (Å²) < 4.78 is 27.6. The zero-order valence-corrected chi connectivity index (χ0v) is 14.9. The minimum atomic E-state index is -3.41. The number of likely N-dealkylation sites (tertiary alicyclic amines) is 1. The summed E-state index contributed by atoms with van der Waals surface area (Å²) in [6, 6.07) is 0.105. The molecule has 1 aromatic rings. The molecule has 0 spiro atoms. The van der Waals surface area contributed by atoms with Crippen molar-refractivity contribution < 1.29 is 8.42 Å². The summed E-state index contributed by atoms with van der Waals surface area (Å²) in [5, 5.41) is 4.99. The summed E-state index contributed by atoms with van der Waals surface area (Å²) >= 11 is 1.52. The molecular weight excluding hydrogens is 306 g/mol. The molecule has 0 atom stereocenters. The van der Waals surface area contributed by atoms with Gasteiger partial charge in [-0.3, -0.25) is 0 Å². The summed E-state index contributed by atoms with van der Waals surface area (Å²) in [6.07, 6.45) is 1.80. The van der Waals surface area contributed by atoms with Gasteiger partial charge in [-0.1, -0.05) is 0 Å². The molecule has 0 aromatic carbocycles. The van der Waals surface area contributed by atoms with E-state index < -0.39 is 10.0 Å². The number of piperidine rings is 1. The van der Waals surface area contributed by atoms with Gasteiger partial charge < -0.3 is 10.2 Å². The molecule has 0 radical (unpaired) electrons. The van der Waals surface area contributed by atoms with Crippen molar-refractivity contribution in [3.05, 3.63) is 15.8 Å². The van der Waals surface area contributed by atoms with Gasteiger partial charge in [-0.05, 0) is 57.9 Å². The van der Waals surface area contributed by atoms with Crippen LogP contribution < -0.4 is 5.32 Å². The molecule has 1 aliphatic heterocycles. The predicted octanol–water partition coefficient (Wildman–Crippen LogP) is 1.49. The lowest BCUT2D eigenvalue weighted by Crippen LogP contribution is -2.44. The second kappa shape index (κ2) is 6.75. The predicted molar refractivity (Wildman–Crippen MR) is 87.3 cm³/mol. The van der Waals surface area contributed by atoms with Gasteiger partial charge in [-0.15, -0.1) is 11.3 Å². The topological polar surface area (TPSA) is 52.7 Å². The second-order valence-electron chi connectivity index (χ2n) is 5.76. The first-order chi connectivity index (χ1) is 9.87. The van der Waals surface area contributed by atoms with Gasteiger partial charge in [0.25, 0.3) is 0 Å². The van der Waals surface area contributed by atoms with Crippen LogP contribution in [-0.2, 0) is 16.6 Å². The third-order valence-electron chi connectivity index (χ3n) is 4.17. The molecule has 2 rings (SSSR count). The second-order valence-corrected chi connectivity index (χ2v) is 8.66. The van der Waals surface area contributed by atoms with Crippen molar-refractivity contribution in [2.45, 2.75) is 37.2 Å². The minimum absolute atomic E-state index is 0.105. The lowest BCUT2D eigenvalue weighted by molar-refractivity contribution is 0.197. The largest absolute Gasteiger partial charge is 0.315 e. The Morgan fingerprint density at radius 1 is 1.43 bits per heavy atom. The molecule has 1 saturated heterocycles. The molecule has 0 amide bonds. The highest BCUT2D eigenvalue weighted by molar-refractivity contribution is 7.89. The van der Waals surface area contributed by atoms with E-state index in [0.717, 1.165) is 36.4 Å². The molecule has 21 heavy (non-hydrogen) atoms. The van der Waals surface area contributed by atoms with E-state index in [-0.39, 0.29) is 6.04 Å². The van der Waals surface area contributed by atoms with Crippen molar-refractivity contribution in [2.75, 3.05) is 34.2 Å². The maximum atomic E-state index is 13.0. The maximum absolute atomic E-state index is 13.0. The fourth-order valence-corrected chi connectivity index (χ4v) is 6.00. The van der Waals surface area contributed by atoms with Crippen LogP contribution in [0, 0.1) is 6.92 Å². The maximum Gasteiger partial charge on any atom is 0.244 e. The van der Waals surface area contributed by atoms with Crippen molar-refractivity contribution >= 4 is 21.4 Å². The number of thiophene rings is 1. The molecule has 2 heterocycles. The Morgan fingerprint density at radius 2 is 2.05 bits per heavy atom. The van der Waals surface area contributed by atoms with E-state index in [1.807, 2.05) is 19.4 Å². The lowest BCUT2D eigenvalue weighted by Gasteiger charge is -2.34. The van der Waals surface area contributed by atoms with E-state index in [9.17, 15) is 8.42 Å². The number of hydrogen-bond acceptors (Lipinski definition) is 5. The minimum Gasteiger partial charge on any atom is -0.315 e. The number of sulfonamides is 1. The molecule has 120 valence electrons. The van der Waals surface area contributed by atoms with E-state index in [1.165, 1.54) is 11.3 Å². The smallest absolute Gasteiger partial charge is 0.244 e. The van der Waals surface area contributed by atoms with E-state index >= 15 is 0 Å². The van der Waals surface area contributed by atoms with Crippen LogP contribution >= 0.6 is 11.3 Å². The molecular formula is C14H25N3O2S2. The van der Waals surface area contributed by atoms with Crippen LogP contribution in [0.25, 0.3) is 0 Å². The Kier molecular flexibility index (Phi) is 5.43. The molecule has 1 aromatic heterocycles. The van der Waals surface area contributed by atoms with Crippen molar-refractivity contribution in [1.82, 2.24) is 14.5 Å². The van der Waals surface area contributed by atoms with Gasteiger partial charge >= 0.3 is 0 Å². The number of hydrogen-bond donors (Lipinski definition) is 1. The SMILES string of the molecule is CNCc1scc(C)c1S(=O)(=O)N(C)C1CCN(C)CC1. The third-order valence-corrected chi connectivity index (χ3v) is 7.54. The zero-order valence-electron chi connectivity index (χ0n) is 13.2. The Hall–Kier alpha value is -0.470. The van der Waals surface area contributed by atoms with E-state index in [4.69, 9.17) is 0 Å². The van der Waals surface area contributed by atoms with Crippen LogP contribution in [0.3, 0.4) is 0 Å².